The Bertz CT molecular complexity index is 649. The summed E-state index contributed by atoms with van der Waals surface area (Å²) < 4.78 is 2.90. The van der Waals surface area contributed by atoms with Crippen LogP contribution in [0.25, 0.3) is 0 Å². The van der Waals surface area contributed by atoms with Crippen molar-refractivity contribution in [1.82, 2.24) is 20.4 Å². The number of amides is 1. The minimum atomic E-state index is -0.140. The van der Waals surface area contributed by atoms with Crippen LogP contribution in [0.1, 0.15) is 34.9 Å². The summed E-state index contributed by atoms with van der Waals surface area (Å²) in [6.07, 6.45) is 4.14. The first-order valence-corrected chi connectivity index (χ1v) is 8.31. The molecule has 1 aromatic carbocycles. The molecular weight excluding hydrogens is 344 g/mol. The van der Waals surface area contributed by atoms with Gasteiger partial charge in [-0.15, -0.1) is 0 Å². The summed E-state index contributed by atoms with van der Waals surface area (Å²) in [6.45, 7) is 2.47. The van der Waals surface area contributed by atoms with Crippen molar-refractivity contribution in [3.05, 3.63) is 52.3 Å². The lowest BCUT2D eigenvalue weighted by atomic mass is 10.1. The average Bonchev–Trinajstić information content (AvgIpc) is 3.05. The van der Waals surface area contributed by atoms with E-state index in [2.05, 4.69) is 31.7 Å². The van der Waals surface area contributed by atoms with Gasteiger partial charge in [-0.2, -0.15) is 5.10 Å². The van der Waals surface area contributed by atoms with E-state index in [-0.39, 0.29) is 5.91 Å². The van der Waals surface area contributed by atoms with Gasteiger partial charge in [-0.1, -0.05) is 34.1 Å². The molecule has 0 aliphatic carbocycles. The first kappa shape index (κ1) is 15.2. The normalized spacial score (nSPS) is 18.1. The Morgan fingerprint density at radius 3 is 3.05 bits per heavy atom. The van der Waals surface area contributed by atoms with E-state index >= 15 is 0 Å². The third-order valence-electron chi connectivity index (χ3n) is 3.88. The number of hydrogen-bond acceptors (Lipinski definition) is 3. The van der Waals surface area contributed by atoms with Crippen LogP contribution in [0.5, 0.6) is 0 Å². The Hall–Kier alpha value is -1.66. The highest BCUT2D eigenvalue weighted by Gasteiger charge is 2.17. The fourth-order valence-corrected chi connectivity index (χ4v) is 3.05. The third-order valence-corrected chi connectivity index (χ3v) is 4.66. The molecule has 1 atom stereocenters. The maximum atomic E-state index is 12.2. The van der Waals surface area contributed by atoms with Gasteiger partial charge in [-0.25, -0.2) is 0 Å². The second-order valence-electron chi connectivity index (χ2n) is 5.46. The van der Waals surface area contributed by atoms with Crippen molar-refractivity contribution in [3.63, 3.8) is 0 Å². The first-order chi connectivity index (χ1) is 10.7. The first-order valence-electron chi connectivity index (χ1n) is 7.51. The Morgan fingerprint density at radius 2 is 2.27 bits per heavy atom. The smallest absolute Gasteiger partial charge is 0.272 e. The van der Waals surface area contributed by atoms with Crippen LogP contribution in [0.2, 0.25) is 0 Å². The molecule has 0 bridgehead atoms. The standard InChI is InChI=1S/C16H19BrN4O/c17-14-6-2-1-4-12(14)10-19-16(22)15-7-9-21(20-15)13-5-3-8-18-11-13/h1-2,4,6-7,9,13,18H,3,5,8,10-11H2,(H,19,22). The van der Waals surface area contributed by atoms with E-state index in [0.717, 1.165) is 36.0 Å². The maximum Gasteiger partial charge on any atom is 0.272 e. The van der Waals surface area contributed by atoms with Gasteiger partial charge in [-0.3, -0.25) is 9.48 Å². The number of benzene rings is 1. The van der Waals surface area contributed by atoms with Gasteiger partial charge in [0.05, 0.1) is 6.04 Å². The highest BCUT2D eigenvalue weighted by atomic mass is 79.9. The topological polar surface area (TPSA) is 59.0 Å². The SMILES string of the molecule is O=C(NCc1ccccc1Br)c1ccn(C2CCCNC2)n1. The molecule has 2 heterocycles. The predicted octanol–water partition coefficient (Wildman–Crippen LogP) is 2.50. The molecule has 1 unspecified atom stereocenters. The zero-order valence-corrected chi connectivity index (χ0v) is 13.8. The van der Waals surface area contributed by atoms with Gasteiger partial charge in [0.25, 0.3) is 5.91 Å². The zero-order valence-electron chi connectivity index (χ0n) is 12.3. The number of rotatable bonds is 4. The monoisotopic (exact) mass is 362 g/mol. The van der Waals surface area contributed by atoms with Crippen LogP contribution in [0.4, 0.5) is 0 Å². The molecule has 2 N–H and O–H groups in total. The molecule has 5 nitrogen and oxygen atoms in total. The molecule has 0 radical (unpaired) electrons. The second-order valence-corrected chi connectivity index (χ2v) is 6.31. The molecule has 1 aromatic heterocycles. The molecule has 0 spiro atoms. The van der Waals surface area contributed by atoms with Crippen molar-refractivity contribution < 1.29 is 4.79 Å². The van der Waals surface area contributed by atoms with Gasteiger partial charge in [0.15, 0.2) is 0 Å². The average molecular weight is 363 g/mol. The zero-order chi connectivity index (χ0) is 15.4. The lowest BCUT2D eigenvalue weighted by molar-refractivity contribution is 0.0944. The van der Waals surface area contributed by atoms with Crippen molar-refractivity contribution in [2.24, 2.45) is 0 Å². The summed E-state index contributed by atoms with van der Waals surface area (Å²) in [5.41, 5.74) is 1.52. The summed E-state index contributed by atoms with van der Waals surface area (Å²) >= 11 is 3.48. The molecule has 1 amide bonds. The number of aromatic nitrogens is 2. The van der Waals surface area contributed by atoms with E-state index < -0.39 is 0 Å². The molecule has 1 aliphatic heterocycles. The number of piperidine rings is 1. The number of carbonyl (C=O) groups is 1. The van der Waals surface area contributed by atoms with Gasteiger partial charge < -0.3 is 10.6 Å². The van der Waals surface area contributed by atoms with E-state index in [1.165, 1.54) is 0 Å². The summed E-state index contributed by atoms with van der Waals surface area (Å²) in [5.74, 6) is -0.140. The molecule has 2 aromatic rings. The van der Waals surface area contributed by atoms with Crippen molar-refractivity contribution in [1.29, 1.82) is 0 Å². The Kier molecular flexibility index (Phi) is 4.90. The van der Waals surface area contributed by atoms with E-state index in [0.29, 0.717) is 18.3 Å². The van der Waals surface area contributed by atoms with E-state index in [1.807, 2.05) is 35.1 Å². The molecule has 6 heteroatoms. The highest BCUT2D eigenvalue weighted by Crippen LogP contribution is 2.17. The second kappa shape index (κ2) is 7.07. The molecule has 0 saturated carbocycles. The van der Waals surface area contributed by atoms with Gasteiger partial charge >= 0.3 is 0 Å². The number of halogens is 1. The van der Waals surface area contributed by atoms with Crippen LogP contribution in [0, 0.1) is 0 Å². The molecule has 22 heavy (non-hydrogen) atoms. The van der Waals surface area contributed by atoms with Crippen molar-refractivity contribution >= 4 is 21.8 Å². The van der Waals surface area contributed by atoms with Crippen molar-refractivity contribution in [3.8, 4) is 0 Å². The molecule has 1 aliphatic rings. The maximum absolute atomic E-state index is 12.2. The van der Waals surface area contributed by atoms with Crippen LogP contribution >= 0.6 is 15.9 Å². The molecule has 3 rings (SSSR count). The summed E-state index contributed by atoms with van der Waals surface area (Å²) in [4.78, 5) is 12.2. The number of carbonyl (C=O) groups excluding carboxylic acids is 1. The van der Waals surface area contributed by atoms with E-state index in [9.17, 15) is 4.79 Å². The summed E-state index contributed by atoms with van der Waals surface area (Å²) in [6, 6.07) is 9.98. The van der Waals surface area contributed by atoms with E-state index in [4.69, 9.17) is 0 Å². The van der Waals surface area contributed by atoms with Crippen LogP contribution in [-0.2, 0) is 6.54 Å². The lowest BCUT2D eigenvalue weighted by Gasteiger charge is -2.22. The quantitative estimate of drug-likeness (QED) is 0.878. The minimum Gasteiger partial charge on any atom is -0.347 e. The van der Waals surface area contributed by atoms with E-state index in [1.54, 1.807) is 6.07 Å². The Balaban J connectivity index is 1.61. The molecule has 1 saturated heterocycles. The minimum absolute atomic E-state index is 0.140. The van der Waals surface area contributed by atoms with Crippen LogP contribution in [-0.4, -0.2) is 28.8 Å². The van der Waals surface area contributed by atoms with Crippen molar-refractivity contribution in [2.45, 2.75) is 25.4 Å². The number of hydrogen-bond donors (Lipinski definition) is 2. The number of nitrogens with zero attached hydrogens (tertiary/aromatic N) is 2. The van der Waals surface area contributed by atoms with Gasteiger partial charge in [0.1, 0.15) is 5.69 Å². The predicted molar refractivity (Wildman–Crippen MR) is 88.7 cm³/mol. The Morgan fingerprint density at radius 1 is 1.41 bits per heavy atom. The third kappa shape index (κ3) is 3.56. The van der Waals surface area contributed by atoms with Crippen LogP contribution in [0.15, 0.2) is 41.0 Å². The lowest BCUT2D eigenvalue weighted by Crippen LogP contribution is -2.32. The Labute approximate surface area is 138 Å². The van der Waals surface area contributed by atoms with Crippen molar-refractivity contribution in [2.75, 3.05) is 13.1 Å². The van der Waals surface area contributed by atoms with Crippen LogP contribution < -0.4 is 10.6 Å². The van der Waals surface area contributed by atoms with Gasteiger partial charge in [0, 0.05) is 23.8 Å². The van der Waals surface area contributed by atoms with Gasteiger partial charge in [0.2, 0.25) is 0 Å². The summed E-state index contributed by atoms with van der Waals surface area (Å²) in [5, 5.41) is 10.7. The molecular formula is C16H19BrN4O. The van der Waals surface area contributed by atoms with Crippen LogP contribution in [0.3, 0.4) is 0 Å². The largest absolute Gasteiger partial charge is 0.347 e. The highest BCUT2D eigenvalue weighted by molar-refractivity contribution is 9.10. The molecule has 116 valence electrons. The number of nitrogens with one attached hydrogen (secondary N) is 2. The van der Waals surface area contributed by atoms with Gasteiger partial charge in [-0.05, 0) is 37.1 Å². The molecule has 1 fully saturated rings. The fraction of sp³-hybridized carbons (Fsp3) is 0.375. The summed E-state index contributed by atoms with van der Waals surface area (Å²) in [7, 11) is 0. The fourth-order valence-electron chi connectivity index (χ4n) is 2.63.